The number of halogens is 3. The van der Waals surface area contributed by atoms with Gasteiger partial charge in [0.15, 0.2) is 0 Å². The van der Waals surface area contributed by atoms with Gasteiger partial charge >= 0.3 is 12.2 Å². The third kappa shape index (κ3) is 4.60. The molecule has 1 spiro atoms. The summed E-state index contributed by atoms with van der Waals surface area (Å²) in [5, 5.41) is 2.86. The van der Waals surface area contributed by atoms with E-state index in [1.807, 2.05) is 0 Å². The Morgan fingerprint density at radius 2 is 1.73 bits per heavy atom. The van der Waals surface area contributed by atoms with Crippen LogP contribution in [0, 0.1) is 5.92 Å². The predicted octanol–water partition coefficient (Wildman–Crippen LogP) is 2.47. The Morgan fingerprint density at radius 3 is 2.33 bits per heavy atom. The van der Waals surface area contributed by atoms with Crippen molar-refractivity contribution in [1.29, 1.82) is 0 Å². The summed E-state index contributed by atoms with van der Waals surface area (Å²) >= 11 is 0. The number of urea groups is 1. The second kappa shape index (κ2) is 8.55. The Bertz CT molecular complexity index is 1030. The predicted molar refractivity (Wildman–Crippen MR) is 112 cm³/mol. The summed E-state index contributed by atoms with van der Waals surface area (Å²) in [6.45, 7) is 2.77. The van der Waals surface area contributed by atoms with E-state index < -0.39 is 38.2 Å². The van der Waals surface area contributed by atoms with Crippen LogP contribution in [-0.4, -0.2) is 72.8 Å². The van der Waals surface area contributed by atoms with E-state index in [-0.39, 0.29) is 38.8 Å². The summed E-state index contributed by atoms with van der Waals surface area (Å²) in [6.07, 6.45) is -1.69. The molecular formula is C21H27F3N4O4S. The Balaban J connectivity index is 1.38. The molecule has 3 aliphatic rings. The number of hydrogen-bond donors (Lipinski definition) is 1. The van der Waals surface area contributed by atoms with E-state index in [0.717, 1.165) is 35.3 Å². The fourth-order valence-corrected chi connectivity index (χ4v) is 6.16. The summed E-state index contributed by atoms with van der Waals surface area (Å²) in [6, 6.07) is 3.25. The van der Waals surface area contributed by atoms with Crippen LogP contribution in [0.1, 0.15) is 38.2 Å². The zero-order chi connectivity index (χ0) is 24.0. The van der Waals surface area contributed by atoms with Crippen molar-refractivity contribution in [3.63, 3.8) is 0 Å². The first-order chi connectivity index (χ1) is 15.4. The van der Waals surface area contributed by atoms with Crippen LogP contribution in [0.3, 0.4) is 0 Å². The topological polar surface area (TPSA) is 90.0 Å². The standard InChI is InChI=1S/C21H27F3N4O4S/c1-15-5-7-20(8-6-15)18(29)28(19(30)25-20)14-26-9-11-27(12-10-26)33(31,32)17-4-2-3-16(13-17)21(22,23)24/h2-4,13,15H,5-12,14H2,1H3,(H,25,30). The molecule has 33 heavy (non-hydrogen) atoms. The largest absolute Gasteiger partial charge is 0.416 e. The van der Waals surface area contributed by atoms with E-state index in [1.54, 1.807) is 4.90 Å². The van der Waals surface area contributed by atoms with Gasteiger partial charge in [-0.3, -0.25) is 9.69 Å². The molecule has 0 bridgehead atoms. The van der Waals surface area contributed by atoms with Gasteiger partial charge in [-0.25, -0.2) is 18.1 Å². The van der Waals surface area contributed by atoms with Gasteiger partial charge in [0.25, 0.3) is 5.91 Å². The van der Waals surface area contributed by atoms with Gasteiger partial charge in [-0.1, -0.05) is 13.0 Å². The zero-order valence-corrected chi connectivity index (χ0v) is 19.1. The Morgan fingerprint density at radius 1 is 1.09 bits per heavy atom. The monoisotopic (exact) mass is 488 g/mol. The van der Waals surface area contributed by atoms with E-state index in [0.29, 0.717) is 24.8 Å². The number of carbonyl (C=O) groups excluding carboxylic acids is 2. The lowest BCUT2D eigenvalue weighted by atomic mass is 9.77. The molecule has 1 aliphatic carbocycles. The van der Waals surface area contributed by atoms with Gasteiger partial charge in [-0.15, -0.1) is 0 Å². The van der Waals surface area contributed by atoms with Crippen molar-refractivity contribution in [1.82, 2.24) is 19.4 Å². The quantitative estimate of drug-likeness (QED) is 0.658. The Labute approximate surface area is 190 Å². The van der Waals surface area contributed by atoms with Crippen LogP contribution in [0.25, 0.3) is 0 Å². The van der Waals surface area contributed by atoms with Crippen molar-refractivity contribution < 1.29 is 31.2 Å². The molecule has 12 heteroatoms. The number of rotatable bonds is 4. The van der Waals surface area contributed by atoms with Gasteiger partial charge in [0.2, 0.25) is 10.0 Å². The molecule has 4 rings (SSSR count). The first-order valence-corrected chi connectivity index (χ1v) is 12.4. The van der Waals surface area contributed by atoms with Crippen molar-refractivity contribution in [2.75, 3.05) is 32.8 Å². The lowest BCUT2D eigenvalue weighted by molar-refractivity contribution is -0.137. The average Bonchev–Trinajstić information content (AvgIpc) is 3.00. The van der Waals surface area contributed by atoms with Gasteiger partial charge in [-0.2, -0.15) is 17.5 Å². The number of imide groups is 1. The number of nitrogens with one attached hydrogen (secondary N) is 1. The van der Waals surface area contributed by atoms with Crippen LogP contribution >= 0.6 is 0 Å². The highest BCUT2D eigenvalue weighted by Crippen LogP contribution is 2.36. The molecule has 8 nitrogen and oxygen atoms in total. The van der Waals surface area contributed by atoms with Crippen molar-refractivity contribution in [2.24, 2.45) is 5.92 Å². The lowest BCUT2D eigenvalue weighted by Crippen LogP contribution is -2.53. The summed E-state index contributed by atoms with van der Waals surface area (Å²) in [5.74, 6) is 0.277. The maximum absolute atomic E-state index is 13.0. The minimum Gasteiger partial charge on any atom is -0.323 e. The van der Waals surface area contributed by atoms with Crippen molar-refractivity contribution in [2.45, 2.75) is 49.2 Å². The van der Waals surface area contributed by atoms with Crippen LogP contribution < -0.4 is 5.32 Å². The Kier molecular flexibility index (Phi) is 6.21. The maximum Gasteiger partial charge on any atom is 0.416 e. The number of sulfonamides is 1. The summed E-state index contributed by atoms with van der Waals surface area (Å²) in [7, 11) is -4.10. The molecule has 0 unspecified atom stereocenters. The number of amides is 3. The molecule has 0 aromatic heterocycles. The molecule has 1 aromatic carbocycles. The highest BCUT2D eigenvalue weighted by atomic mass is 32.2. The van der Waals surface area contributed by atoms with Crippen LogP contribution in [0.4, 0.5) is 18.0 Å². The highest BCUT2D eigenvalue weighted by Gasteiger charge is 2.52. The molecule has 0 radical (unpaired) electrons. The average molecular weight is 489 g/mol. The van der Waals surface area contributed by atoms with Gasteiger partial charge in [-0.05, 0) is 49.8 Å². The number of piperazine rings is 1. The van der Waals surface area contributed by atoms with Crippen LogP contribution in [0.15, 0.2) is 29.2 Å². The van der Waals surface area contributed by atoms with Crippen molar-refractivity contribution in [3.8, 4) is 0 Å². The summed E-state index contributed by atoms with van der Waals surface area (Å²) in [5.41, 5.74) is -1.86. The third-order valence-electron chi connectivity index (χ3n) is 6.85. The number of nitrogens with zero attached hydrogens (tertiary/aromatic N) is 3. The fourth-order valence-electron chi connectivity index (χ4n) is 4.69. The molecule has 2 heterocycles. The van der Waals surface area contributed by atoms with Gasteiger partial charge in [0.1, 0.15) is 5.54 Å². The molecule has 2 aliphatic heterocycles. The molecule has 1 aromatic rings. The van der Waals surface area contributed by atoms with E-state index in [1.165, 1.54) is 4.90 Å². The van der Waals surface area contributed by atoms with Crippen LogP contribution in [0.2, 0.25) is 0 Å². The minimum atomic E-state index is -4.64. The molecule has 0 atom stereocenters. The SMILES string of the molecule is CC1CCC2(CC1)NC(=O)N(CN1CCN(S(=O)(=O)c3cccc(C(F)(F)F)c3)CC1)C2=O. The van der Waals surface area contributed by atoms with Crippen LogP contribution in [0.5, 0.6) is 0 Å². The fraction of sp³-hybridized carbons (Fsp3) is 0.619. The second-order valence-electron chi connectivity index (χ2n) is 9.12. The number of benzene rings is 1. The number of carbonyl (C=O) groups is 2. The summed E-state index contributed by atoms with van der Waals surface area (Å²) < 4.78 is 65.8. The van der Waals surface area contributed by atoms with Crippen LogP contribution in [-0.2, 0) is 21.0 Å². The Hall–Kier alpha value is -2.18. The maximum atomic E-state index is 13.0. The van der Waals surface area contributed by atoms with Gasteiger partial charge < -0.3 is 5.32 Å². The molecule has 1 saturated carbocycles. The van der Waals surface area contributed by atoms with E-state index in [2.05, 4.69) is 12.2 Å². The van der Waals surface area contributed by atoms with E-state index in [4.69, 9.17) is 0 Å². The number of hydrogen-bond acceptors (Lipinski definition) is 5. The smallest absolute Gasteiger partial charge is 0.323 e. The zero-order valence-electron chi connectivity index (χ0n) is 18.3. The first kappa shape index (κ1) is 24.0. The van der Waals surface area contributed by atoms with E-state index in [9.17, 15) is 31.2 Å². The van der Waals surface area contributed by atoms with E-state index >= 15 is 0 Å². The minimum absolute atomic E-state index is 0.0465. The molecular weight excluding hydrogens is 461 g/mol. The molecule has 182 valence electrons. The molecule has 2 saturated heterocycles. The van der Waals surface area contributed by atoms with Gasteiger partial charge in [0, 0.05) is 26.2 Å². The third-order valence-corrected chi connectivity index (χ3v) is 8.74. The summed E-state index contributed by atoms with van der Waals surface area (Å²) in [4.78, 5) is 28.1. The first-order valence-electron chi connectivity index (χ1n) is 11.0. The lowest BCUT2D eigenvalue weighted by Gasteiger charge is -2.36. The van der Waals surface area contributed by atoms with Gasteiger partial charge in [0.05, 0.1) is 17.1 Å². The van der Waals surface area contributed by atoms with Crippen molar-refractivity contribution >= 4 is 22.0 Å². The molecule has 3 fully saturated rings. The highest BCUT2D eigenvalue weighted by molar-refractivity contribution is 7.89. The second-order valence-corrected chi connectivity index (χ2v) is 11.1. The normalized spacial score (nSPS) is 27.9. The number of alkyl halides is 3. The molecule has 3 amide bonds. The van der Waals surface area contributed by atoms with Crippen molar-refractivity contribution in [3.05, 3.63) is 29.8 Å². The molecule has 1 N–H and O–H groups in total.